The summed E-state index contributed by atoms with van der Waals surface area (Å²) in [5, 5.41) is 0. The summed E-state index contributed by atoms with van der Waals surface area (Å²) in [6, 6.07) is 0. The van der Waals surface area contributed by atoms with E-state index < -0.39 is 10.8 Å². The van der Waals surface area contributed by atoms with Crippen LogP contribution in [-0.2, 0) is 39.2 Å². The highest BCUT2D eigenvalue weighted by Crippen LogP contribution is 1.85. The first kappa shape index (κ1) is 23.1. The lowest BCUT2D eigenvalue weighted by Crippen LogP contribution is -2.14. The van der Waals surface area contributed by atoms with Crippen LogP contribution in [0.2, 0.25) is 0 Å². The molecule has 0 aliphatic carbocycles. The van der Waals surface area contributed by atoms with Gasteiger partial charge in [0.05, 0.1) is 77.6 Å². The van der Waals surface area contributed by atoms with Gasteiger partial charge >= 0.3 is 0 Å². The lowest BCUT2D eigenvalue weighted by Gasteiger charge is -2.07. The molecule has 0 atom stereocenters. The van der Waals surface area contributed by atoms with Crippen LogP contribution in [0.15, 0.2) is 0 Å². The molecule has 7 nitrogen and oxygen atoms in total. The molecule has 1 heterocycles. The first-order valence-corrected chi connectivity index (χ1v) is 10.1. The molecule has 0 aromatic carbocycles. The molecule has 8 heteroatoms. The molecule has 0 radical (unpaired) electrons. The zero-order chi connectivity index (χ0) is 18.5. The van der Waals surface area contributed by atoms with Crippen molar-refractivity contribution in [3.63, 3.8) is 0 Å². The summed E-state index contributed by atoms with van der Waals surface area (Å²) in [5.74, 6) is 11.9. The second-order valence-corrected chi connectivity index (χ2v) is 6.45. The normalized spacial score (nSPS) is 21.8. The maximum absolute atomic E-state index is 11.7. The Kier molecular flexibility index (Phi) is 16.7. The van der Waals surface area contributed by atoms with Gasteiger partial charge in [0.25, 0.3) is 0 Å². The number of hydrogen-bond donors (Lipinski definition) is 0. The smallest absolute Gasteiger partial charge is 0.107 e. The van der Waals surface area contributed by atoms with Gasteiger partial charge < -0.3 is 28.4 Å². The van der Waals surface area contributed by atoms with Crippen LogP contribution in [0.4, 0.5) is 0 Å². The Hall–Kier alpha value is -0.970. The van der Waals surface area contributed by atoms with Gasteiger partial charge in [0, 0.05) is 10.8 Å². The van der Waals surface area contributed by atoms with Gasteiger partial charge in [0.2, 0.25) is 0 Å². The van der Waals surface area contributed by atoms with Gasteiger partial charge in [-0.25, -0.2) is 0 Å². The third-order valence-corrected chi connectivity index (χ3v) is 3.86. The van der Waals surface area contributed by atoms with Crippen LogP contribution in [0.5, 0.6) is 0 Å². The van der Waals surface area contributed by atoms with Crippen LogP contribution in [-0.4, -0.2) is 95.0 Å². The van der Waals surface area contributed by atoms with E-state index in [2.05, 4.69) is 23.7 Å². The fourth-order valence-corrected chi connectivity index (χ4v) is 2.29. The Labute approximate surface area is 158 Å². The molecule has 1 aliphatic heterocycles. The Morgan fingerprint density at radius 2 is 0.769 bits per heavy atom. The second kappa shape index (κ2) is 18.8. The molecule has 0 spiro atoms. The van der Waals surface area contributed by atoms with Crippen molar-refractivity contribution in [1.29, 1.82) is 0 Å². The zero-order valence-electron chi connectivity index (χ0n) is 15.2. The molecule has 1 aliphatic rings. The molecule has 0 aromatic heterocycles. The van der Waals surface area contributed by atoms with Crippen LogP contribution < -0.4 is 0 Å². The SMILES string of the molecule is O=S1CC#CCOCCOCCOCCOCCOCCOCC#CC1. The standard InChI is InChI=1S/C18H28O7S/c19-26-17-3-1-5-20-7-9-22-11-13-24-15-16-25-14-12-23-10-8-21-6-2-4-18-26/h5-18H2. The fourth-order valence-electron chi connectivity index (χ4n) is 1.66. The van der Waals surface area contributed by atoms with E-state index >= 15 is 0 Å². The topological polar surface area (TPSA) is 72.5 Å². The van der Waals surface area contributed by atoms with Crippen LogP contribution in [0.3, 0.4) is 0 Å². The van der Waals surface area contributed by atoms with Crippen LogP contribution in [0.1, 0.15) is 0 Å². The molecular weight excluding hydrogens is 360 g/mol. The number of hydrogen-bond acceptors (Lipinski definition) is 7. The quantitative estimate of drug-likeness (QED) is 0.535. The molecule has 26 heavy (non-hydrogen) atoms. The minimum Gasteiger partial charge on any atom is -0.377 e. The molecule has 0 aromatic rings. The largest absolute Gasteiger partial charge is 0.377 e. The third kappa shape index (κ3) is 16.5. The van der Waals surface area contributed by atoms with Crippen LogP contribution in [0, 0.1) is 23.7 Å². The molecule has 148 valence electrons. The monoisotopic (exact) mass is 388 g/mol. The van der Waals surface area contributed by atoms with Crippen molar-refractivity contribution in [2.75, 3.05) is 90.8 Å². The predicted molar refractivity (Wildman–Crippen MR) is 98.3 cm³/mol. The van der Waals surface area contributed by atoms with Crippen molar-refractivity contribution >= 4 is 10.8 Å². The van der Waals surface area contributed by atoms with Gasteiger partial charge in [0.1, 0.15) is 13.2 Å². The van der Waals surface area contributed by atoms with E-state index in [9.17, 15) is 4.21 Å². The highest BCUT2D eigenvalue weighted by molar-refractivity contribution is 7.85. The Balaban J connectivity index is 2.21. The van der Waals surface area contributed by atoms with Crippen LogP contribution in [0.25, 0.3) is 0 Å². The van der Waals surface area contributed by atoms with E-state index in [1.165, 1.54) is 0 Å². The molecule has 0 saturated carbocycles. The Morgan fingerprint density at radius 1 is 0.462 bits per heavy atom. The molecule has 0 bridgehead atoms. The minimum atomic E-state index is -1.07. The van der Waals surface area contributed by atoms with Crippen LogP contribution >= 0.6 is 0 Å². The maximum Gasteiger partial charge on any atom is 0.107 e. The van der Waals surface area contributed by atoms with E-state index in [1.54, 1.807) is 0 Å². The van der Waals surface area contributed by atoms with E-state index in [-0.39, 0.29) is 0 Å². The summed E-state index contributed by atoms with van der Waals surface area (Å²) in [6.45, 7) is 5.62. The predicted octanol–water partition coefficient (Wildman–Crippen LogP) is -0.145. The number of ether oxygens (including phenoxy) is 6. The van der Waals surface area contributed by atoms with Crippen molar-refractivity contribution in [3.05, 3.63) is 0 Å². The van der Waals surface area contributed by atoms with E-state index in [0.29, 0.717) is 90.8 Å². The zero-order valence-corrected chi connectivity index (χ0v) is 16.0. The van der Waals surface area contributed by atoms with Crippen molar-refractivity contribution < 1.29 is 32.6 Å². The van der Waals surface area contributed by atoms with E-state index in [0.717, 1.165) is 0 Å². The van der Waals surface area contributed by atoms with Gasteiger partial charge in [-0.3, -0.25) is 4.21 Å². The van der Waals surface area contributed by atoms with Crippen molar-refractivity contribution in [2.45, 2.75) is 0 Å². The lowest BCUT2D eigenvalue weighted by atomic mass is 10.6. The maximum atomic E-state index is 11.7. The fraction of sp³-hybridized carbons (Fsp3) is 0.778. The molecule has 0 unspecified atom stereocenters. The molecular formula is C18H28O7S. The highest BCUT2D eigenvalue weighted by Gasteiger charge is 1.95. The summed E-state index contributed by atoms with van der Waals surface area (Å²) in [6.07, 6.45) is 0. The molecule has 1 rings (SSSR count). The Morgan fingerprint density at radius 3 is 1.12 bits per heavy atom. The molecule has 0 N–H and O–H groups in total. The molecule has 0 fully saturated rings. The first-order chi connectivity index (χ1) is 12.9. The second-order valence-electron chi connectivity index (χ2n) is 4.99. The first-order valence-electron chi connectivity index (χ1n) is 8.62. The summed E-state index contributed by atoms with van der Waals surface area (Å²) in [4.78, 5) is 0. The van der Waals surface area contributed by atoms with Gasteiger partial charge in [-0.15, -0.1) is 0 Å². The van der Waals surface area contributed by atoms with Crippen molar-refractivity contribution in [2.24, 2.45) is 0 Å². The van der Waals surface area contributed by atoms with Gasteiger partial charge in [-0.1, -0.05) is 23.7 Å². The van der Waals surface area contributed by atoms with Crippen molar-refractivity contribution in [3.8, 4) is 23.7 Å². The molecule has 0 saturated heterocycles. The van der Waals surface area contributed by atoms with Gasteiger partial charge in [0.15, 0.2) is 0 Å². The summed E-state index contributed by atoms with van der Waals surface area (Å²) in [5.41, 5.74) is 0. The number of rotatable bonds is 0. The summed E-state index contributed by atoms with van der Waals surface area (Å²) >= 11 is 0. The Bertz CT molecular complexity index is 433. The average Bonchev–Trinajstić information content (AvgIpc) is 2.64. The van der Waals surface area contributed by atoms with E-state index in [4.69, 9.17) is 28.4 Å². The molecule has 0 amide bonds. The lowest BCUT2D eigenvalue weighted by molar-refractivity contribution is -0.0142. The van der Waals surface area contributed by atoms with Crippen molar-refractivity contribution in [1.82, 2.24) is 0 Å². The van der Waals surface area contributed by atoms with Gasteiger partial charge in [-0.05, 0) is 0 Å². The minimum absolute atomic E-state index is 0.294. The van der Waals surface area contributed by atoms with E-state index in [1.807, 2.05) is 0 Å². The van der Waals surface area contributed by atoms with Gasteiger partial charge in [-0.2, -0.15) is 0 Å². The average molecular weight is 388 g/mol. The highest BCUT2D eigenvalue weighted by atomic mass is 32.2. The third-order valence-electron chi connectivity index (χ3n) is 2.92. The summed E-state index contributed by atoms with van der Waals surface area (Å²) < 4.78 is 43.8. The summed E-state index contributed by atoms with van der Waals surface area (Å²) in [7, 11) is -1.07.